The third-order valence-electron chi connectivity index (χ3n) is 5.89. The topological polar surface area (TPSA) is 43.9 Å². The highest BCUT2D eigenvalue weighted by Crippen LogP contribution is 2.48. The minimum atomic E-state index is -0.255. The number of hydrogen-bond acceptors (Lipinski definition) is 3. The smallest absolute Gasteiger partial charge is 0.254 e. The van der Waals surface area contributed by atoms with Crippen molar-refractivity contribution in [1.29, 1.82) is 0 Å². The van der Waals surface area contributed by atoms with Crippen LogP contribution in [0.4, 0.5) is 10.1 Å². The lowest BCUT2D eigenvalue weighted by atomic mass is 10.1. The SMILES string of the molecule is CN(C)c1cccc(C(=O)N2CCN(C(=O)[C@@H]3C[C@H]3c3ccc(F)cc3)CC2)c1. The molecule has 0 N–H and O–H groups in total. The van der Waals surface area contributed by atoms with E-state index in [4.69, 9.17) is 0 Å². The zero-order valence-electron chi connectivity index (χ0n) is 16.8. The van der Waals surface area contributed by atoms with E-state index >= 15 is 0 Å². The molecule has 2 fully saturated rings. The van der Waals surface area contributed by atoms with Crippen LogP contribution in [0.15, 0.2) is 48.5 Å². The number of piperazine rings is 1. The van der Waals surface area contributed by atoms with Gasteiger partial charge in [-0.25, -0.2) is 4.39 Å². The summed E-state index contributed by atoms with van der Waals surface area (Å²) in [4.78, 5) is 31.3. The molecule has 2 aromatic carbocycles. The van der Waals surface area contributed by atoms with Crippen LogP contribution in [0.2, 0.25) is 0 Å². The molecule has 1 saturated carbocycles. The number of carbonyl (C=O) groups excluding carboxylic acids is 2. The average Bonchev–Trinajstić information content (AvgIpc) is 3.54. The molecule has 152 valence electrons. The summed E-state index contributed by atoms with van der Waals surface area (Å²) in [5, 5.41) is 0. The first-order valence-electron chi connectivity index (χ1n) is 10.0. The zero-order chi connectivity index (χ0) is 20.5. The Hall–Kier alpha value is -2.89. The highest BCUT2D eigenvalue weighted by molar-refractivity contribution is 5.95. The first kappa shape index (κ1) is 19.4. The van der Waals surface area contributed by atoms with E-state index in [-0.39, 0.29) is 29.5 Å². The van der Waals surface area contributed by atoms with Gasteiger partial charge in [-0.3, -0.25) is 9.59 Å². The van der Waals surface area contributed by atoms with Gasteiger partial charge in [0.15, 0.2) is 0 Å². The maximum absolute atomic E-state index is 13.1. The molecule has 1 aliphatic heterocycles. The molecular weight excluding hydrogens is 369 g/mol. The summed E-state index contributed by atoms with van der Waals surface area (Å²) < 4.78 is 13.1. The lowest BCUT2D eigenvalue weighted by molar-refractivity contribution is -0.134. The van der Waals surface area contributed by atoms with Crippen LogP contribution in [0.1, 0.15) is 28.3 Å². The first-order chi connectivity index (χ1) is 13.9. The van der Waals surface area contributed by atoms with Gasteiger partial charge in [0.1, 0.15) is 5.82 Å². The van der Waals surface area contributed by atoms with E-state index in [1.54, 1.807) is 12.1 Å². The molecule has 0 bridgehead atoms. The van der Waals surface area contributed by atoms with Gasteiger partial charge in [-0.2, -0.15) is 0 Å². The molecule has 2 amide bonds. The van der Waals surface area contributed by atoms with Gasteiger partial charge in [0, 0.05) is 57.4 Å². The minimum absolute atomic E-state index is 0.0106. The van der Waals surface area contributed by atoms with Crippen LogP contribution in [0.5, 0.6) is 0 Å². The Balaban J connectivity index is 1.32. The quantitative estimate of drug-likeness (QED) is 0.800. The molecule has 2 aromatic rings. The Labute approximate surface area is 170 Å². The summed E-state index contributed by atoms with van der Waals surface area (Å²) in [7, 11) is 3.90. The molecule has 2 atom stereocenters. The lowest BCUT2D eigenvalue weighted by Crippen LogP contribution is -2.51. The monoisotopic (exact) mass is 395 g/mol. The first-order valence-corrected chi connectivity index (χ1v) is 10.0. The van der Waals surface area contributed by atoms with E-state index in [1.165, 1.54) is 12.1 Å². The number of rotatable bonds is 4. The van der Waals surface area contributed by atoms with Crippen LogP contribution in [0, 0.1) is 11.7 Å². The Morgan fingerprint density at radius 3 is 2.28 bits per heavy atom. The Morgan fingerprint density at radius 1 is 0.966 bits per heavy atom. The van der Waals surface area contributed by atoms with Crippen LogP contribution in [-0.4, -0.2) is 61.9 Å². The van der Waals surface area contributed by atoms with Crippen molar-refractivity contribution in [1.82, 2.24) is 9.80 Å². The van der Waals surface area contributed by atoms with Gasteiger partial charge in [-0.05, 0) is 48.2 Å². The van der Waals surface area contributed by atoms with Crippen LogP contribution in [0.3, 0.4) is 0 Å². The Morgan fingerprint density at radius 2 is 1.62 bits per heavy atom. The fourth-order valence-corrected chi connectivity index (χ4v) is 4.01. The molecule has 1 aliphatic carbocycles. The molecular formula is C23H26FN3O2. The minimum Gasteiger partial charge on any atom is -0.378 e. The number of carbonyl (C=O) groups is 2. The Kier molecular flexibility index (Phi) is 5.26. The largest absolute Gasteiger partial charge is 0.378 e. The fraction of sp³-hybridized carbons (Fsp3) is 0.391. The third-order valence-corrected chi connectivity index (χ3v) is 5.89. The molecule has 0 spiro atoms. The third kappa shape index (κ3) is 4.11. The second-order valence-corrected chi connectivity index (χ2v) is 8.06. The van der Waals surface area contributed by atoms with E-state index < -0.39 is 0 Å². The average molecular weight is 395 g/mol. The van der Waals surface area contributed by atoms with E-state index in [1.807, 2.05) is 53.1 Å². The van der Waals surface area contributed by atoms with E-state index in [9.17, 15) is 14.0 Å². The summed E-state index contributed by atoms with van der Waals surface area (Å²) in [6.07, 6.45) is 0.820. The van der Waals surface area contributed by atoms with E-state index in [0.717, 1.165) is 17.7 Å². The van der Waals surface area contributed by atoms with Crippen molar-refractivity contribution in [2.24, 2.45) is 5.92 Å². The summed E-state index contributed by atoms with van der Waals surface area (Å²) in [5.41, 5.74) is 2.69. The number of hydrogen-bond donors (Lipinski definition) is 0. The number of amides is 2. The molecule has 0 unspecified atom stereocenters. The fourth-order valence-electron chi connectivity index (χ4n) is 4.01. The van der Waals surface area contributed by atoms with Crippen molar-refractivity contribution in [2.75, 3.05) is 45.2 Å². The second-order valence-electron chi connectivity index (χ2n) is 8.06. The van der Waals surface area contributed by atoms with Crippen LogP contribution >= 0.6 is 0 Å². The summed E-state index contributed by atoms with van der Waals surface area (Å²) in [6, 6.07) is 14.0. The van der Waals surface area contributed by atoms with Gasteiger partial charge in [0.2, 0.25) is 5.91 Å². The molecule has 1 saturated heterocycles. The normalized spacial score (nSPS) is 21.1. The van der Waals surface area contributed by atoms with Crippen molar-refractivity contribution in [2.45, 2.75) is 12.3 Å². The van der Waals surface area contributed by atoms with Crippen molar-refractivity contribution in [3.8, 4) is 0 Å². The molecule has 29 heavy (non-hydrogen) atoms. The van der Waals surface area contributed by atoms with Crippen LogP contribution < -0.4 is 4.90 Å². The zero-order valence-corrected chi connectivity index (χ0v) is 16.8. The second kappa shape index (κ2) is 7.85. The maximum atomic E-state index is 13.1. The maximum Gasteiger partial charge on any atom is 0.254 e. The number of benzene rings is 2. The molecule has 2 aliphatic rings. The molecule has 0 aromatic heterocycles. The van der Waals surface area contributed by atoms with Crippen molar-refractivity contribution < 1.29 is 14.0 Å². The predicted octanol–water partition coefficient (Wildman–Crippen LogP) is 2.98. The summed E-state index contributed by atoms with van der Waals surface area (Å²) >= 11 is 0. The van der Waals surface area contributed by atoms with Crippen LogP contribution in [0.25, 0.3) is 0 Å². The van der Waals surface area contributed by atoms with Crippen molar-refractivity contribution >= 4 is 17.5 Å². The van der Waals surface area contributed by atoms with Gasteiger partial charge in [-0.15, -0.1) is 0 Å². The Bertz CT molecular complexity index is 905. The van der Waals surface area contributed by atoms with Crippen LogP contribution in [-0.2, 0) is 4.79 Å². The van der Waals surface area contributed by atoms with E-state index in [2.05, 4.69) is 0 Å². The molecule has 5 nitrogen and oxygen atoms in total. The highest BCUT2D eigenvalue weighted by Gasteiger charge is 2.46. The predicted molar refractivity (Wildman–Crippen MR) is 111 cm³/mol. The summed E-state index contributed by atoms with van der Waals surface area (Å²) in [5.74, 6) is 0.0858. The van der Waals surface area contributed by atoms with Gasteiger partial charge in [0.05, 0.1) is 0 Å². The van der Waals surface area contributed by atoms with Crippen molar-refractivity contribution in [3.63, 3.8) is 0 Å². The van der Waals surface area contributed by atoms with E-state index in [0.29, 0.717) is 31.7 Å². The number of nitrogens with zero attached hydrogens (tertiary/aromatic N) is 3. The number of anilines is 1. The van der Waals surface area contributed by atoms with Gasteiger partial charge in [-0.1, -0.05) is 18.2 Å². The lowest BCUT2D eigenvalue weighted by Gasteiger charge is -2.35. The van der Waals surface area contributed by atoms with Crippen molar-refractivity contribution in [3.05, 3.63) is 65.5 Å². The molecule has 1 heterocycles. The van der Waals surface area contributed by atoms with Gasteiger partial charge in [0.25, 0.3) is 5.91 Å². The van der Waals surface area contributed by atoms with Gasteiger partial charge < -0.3 is 14.7 Å². The summed E-state index contributed by atoms with van der Waals surface area (Å²) in [6.45, 7) is 2.21. The molecule has 0 radical (unpaired) electrons. The standard InChI is InChI=1S/C23H26FN3O2/c1-25(2)19-5-3-4-17(14-19)22(28)26-10-12-27(13-11-26)23(29)21-15-20(21)16-6-8-18(24)9-7-16/h3-9,14,20-21H,10-13,15H2,1-2H3/t20-,21+/m0/s1. The molecule has 4 rings (SSSR count). The molecule has 6 heteroatoms. The highest BCUT2D eigenvalue weighted by atomic mass is 19.1. The van der Waals surface area contributed by atoms with Gasteiger partial charge >= 0.3 is 0 Å². The number of halogens is 1.